The third-order valence-electron chi connectivity index (χ3n) is 3.99. The van der Waals surface area contributed by atoms with Gasteiger partial charge in [0.25, 0.3) is 5.91 Å². The van der Waals surface area contributed by atoms with Gasteiger partial charge in [0, 0.05) is 17.0 Å². The lowest BCUT2D eigenvalue weighted by molar-refractivity contribution is 0.0994. The number of amides is 1. The van der Waals surface area contributed by atoms with Crippen LogP contribution in [0.2, 0.25) is 0 Å². The predicted molar refractivity (Wildman–Crippen MR) is 94.0 cm³/mol. The number of aromatic hydroxyl groups is 1. The molecule has 0 unspecified atom stereocenters. The molecule has 5 heteroatoms. The van der Waals surface area contributed by atoms with Gasteiger partial charge < -0.3 is 9.67 Å². The molecule has 5 nitrogen and oxygen atoms in total. The highest BCUT2D eigenvalue weighted by molar-refractivity contribution is 5.98. The number of carbonyl (C=O) groups excluding carboxylic acids is 1. The summed E-state index contributed by atoms with van der Waals surface area (Å²) in [6.45, 7) is 5.81. The molecule has 0 aliphatic rings. The molecule has 1 aromatic heterocycles. The van der Waals surface area contributed by atoms with E-state index in [4.69, 9.17) is 0 Å². The van der Waals surface area contributed by atoms with Gasteiger partial charge in [-0.05, 0) is 38.5 Å². The van der Waals surface area contributed by atoms with Crippen molar-refractivity contribution in [1.82, 2.24) is 4.57 Å². The fourth-order valence-electron chi connectivity index (χ4n) is 2.82. The van der Waals surface area contributed by atoms with Gasteiger partial charge in [0.1, 0.15) is 0 Å². The summed E-state index contributed by atoms with van der Waals surface area (Å²) in [6.07, 6.45) is 0. The molecule has 0 fully saturated rings. The number of aromatic nitrogens is 1. The van der Waals surface area contributed by atoms with Crippen LogP contribution in [-0.4, -0.2) is 15.6 Å². The van der Waals surface area contributed by atoms with E-state index in [0.717, 1.165) is 16.5 Å². The first-order valence-electron chi connectivity index (χ1n) is 7.84. The Morgan fingerprint density at radius 1 is 1.08 bits per heavy atom. The summed E-state index contributed by atoms with van der Waals surface area (Å²) in [5.74, 6) is -0.401. The number of rotatable bonds is 3. The van der Waals surface area contributed by atoms with Crippen LogP contribution in [0.5, 0.6) is 5.88 Å². The first kappa shape index (κ1) is 15.9. The van der Waals surface area contributed by atoms with Gasteiger partial charge in [-0.2, -0.15) is 0 Å². The number of azo groups is 1. The van der Waals surface area contributed by atoms with Crippen molar-refractivity contribution in [3.63, 3.8) is 0 Å². The first-order valence-corrected chi connectivity index (χ1v) is 7.84. The van der Waals surface area contributed by atoms with Crippen molar-refractivity contribution < 1.29 is 9.90 Å². The second kappa shape index (κ2) is 6.28. The molecule has 0 aliphatic carbocycles. The molecule has 3 rings (SSSR count). The van der Waals surface area contributed by atoms with Gasteiger partial charge in [0.2, 0.25) is 5.88 Å². The molecule has 0 radical (unpaired) electrons. The smallest absolute Gasteiger partial charge is 0.295 e. The Labute approximate surface area is 140 Å². The van der Waals surface area contributed by atoms with E-state index < -0.39 is 5.91 Å². The summed E-state index contributed by atoms with van der Waals surface area (Å²) in [7, 11) is 0. The first-order chi connectivity index (χ1) is 11.5. The molecule has 0 atom stereocenters. The molecule has 1 amide bonds. The molecule has 24 heavy (non-hydrogen) atoms. The van der Waals surface area contributed by atoms with E-state index in [0.29, 0.717) is 11.3 Å². The number of aryl methyl sites for hydroxylation is 1. The maximum absolute atomic E-state index is 12.3. The van der Waals surface area contributed by atoms with Gasteiger partial charge in [-0.15, -0.1) is 10.2 Å². The van der Waals surface area contributed by atoms with Crippen molar-refractivity contribution in [3.05, 3.63) is 59.7 Å². The molecule has 2 aromatic carbocycles. The lowest BCUT2D eigenvalue weighted by Crippen LogP contribution is -1.98. The van der Waals surface area contributed by atoms with Crippen LogP contribution in [0, 0.1) is 6.92 Å². The minimum atomic E-state index is -0.422. The zero-order valence-corrected chi connectivity index (χ0v) is 13.9. The molecule has 0 saturated heterocycles. The average molecular weight is 321 g/mol. The minimum Gasteiger partial charge on any atom is -0.493 e. The second-order valence-corrected chi connectivity index (χ2v) is 5.97. The number of fused-ring (bicyclic) bond motifs is 1. The topological polar surface area (TPSA) is 66.9 Å². The van der Waals surface area contributed by atoms with Gasteiger partial charge in [-0.1, -0.05) is 36.4 Å². The maximum atomic E-state index is 12.3. The van der Waals surface area contributed by atoms with Crippen molar-refractivity contribution in [1.29, 1.82) is 0 Å². The van der Waals surface area contributed by atoms with Crippen LogP contribution in [0.25, 0.3) is 10.9 Å². The van der Waals surface area contributed by atoms with Crippen LogP contribution >= 0.6 is 0 Å². The Kier molecular flexibility index (Phi) is 4.16. The number of carbonyl (C=O) groups is 1. The van der Waals surface area contributed by atoms with Crippen LogP contribution in [0.4, 0.5) is 5.69 Å². The van der Waals surface area contributed by atoms with Crippen LogP contribution < -0.4 is 0 Å². The van der Waals surface area contributed by atoms with Gasteiger partial charge in [-0.25, -0.2) is 0 Å². The summed E-state index contributed by atoms with van der Waals surface area (Å²) in [5, 5.41) is 19.2. The molecule has 0 saturated carbocycles. The van der Waals surface area contributed by atoms with Gasteiger partial charge in [-0.3, -0.25) is 4.79 Å². The van der Waals surface area contributed by atoms with Crippen LogP contribution in [0.1, 0.15) is 35.8 Å². The Bertz CT molecular complexity index is 939. The van der Waals surface area contributed by atoms with Crippen LogP contribution in [0.3, 0.4) is 0 Å². The standard InChI is InChI=1S/C19H19N3O2/c1-12(2)22-16-11-7-6-10-15(16)17(19(22)24)20-21-18(23)14-9-5-4-8-13(14)3/h4-12,24H,1-3H3. The highest BCUT2D eigenvalue weighted by atomic mass is 16.3. The van der Waals surface area contributed by atoms with Gasteiger partial charge >= 0.3 is 0 Å². The van der Waals surface area contributed by atoms with Gasteiger partial charge in [0.05, 0.1) is 5.52 Å². The normalized spacial score (nSPS) is 11.7. The summed E-state index contributed by atoms with van der Waals surface area (Å²) < 4.78 is 1.78. The fourth-order valence-corrected chi connectivity index (χ4v) is 2.82. The summed E-state index contributed by atoms with van der Waals surface area (Å²) in [4.78, 5) is 12.3. The Morgan fingerprint density at radius 3 is 2.46 bits per heavy atom. The van der Waals surface area contributed by atoms with Crippen molar-refractivity contribution >= 4 is 22.5 Å². The van der Waals surface area contributed by atoms with E-state index in [1.165, 1.54) is 0 Å². The molecule has 0 aliphatic heterocycles. The Balaban J connectivity index is 2.06. The van der Waals surface area contributed by atoms with Crippen molar-refractivity contribution in [2.75, 3.05) is 0 Å². The number of nitrogens with zero attached hydrogens (tertiary/aromatic N) is 3. The van der Waals surface area contributed by atoms with E-state index in [9.17, 15) is 9.90 Å². The number of hydrogen-bond donors (Lipinski definition) is 1. The zero-order valence-electron chi connectivity index (χ0n) is 13.9. The van der Waals surface area contributed by atoms with E-state index in [1.807, 2.05) is 57.2 Å². The van der Waals surface area contributed by atoms with Crippen molar-refractivity contribution in [2.24, 2.45) is 10.2 Å². The lowest BCUT2D eigenvalue weighted by atomic mass is 10.1. The number of benzene rings is 2. The van der Waals surface area contributed by atoms with Gasteiger partial charge in [0.15, 0.2) is 5.69 Å². The molecular weight excluding hydrogens is 302 g/mol. The van der Waals surface area contributed by atoms with E-state index in [-0.39, 0.29) is 11.9 Å². The van der Waals surface area contributed by atoms with Crippen LogP contribution in [-0.2, 0) is 0 Å². The zero-order chi connectivity index (χ0) is 17.3. The molecule has 3 aromatic rings. The number of para-hydroxylation sites is 1. The molecule has 1 N–H and O–H groups in total. The molecular formula is C19H19N3O2. The minimum absolute atomic E-state index is 0.0209. The molecule has 0 bridgehead atoms. The van der Waals surface area contributed by atoms with E-state index in [1.54, 1.807) is 16.7 Å². The third-order valence-corrected chi connectivity index (χ3v) is 3.99. The third kappa shape index (κ3) is 2.69. The SMILES string of the molecule is Cc1ccccc1C(=O)N=Nc1c(O)n(C(C)C)c2ccccc12. The summed E-state index contributed by atoms with van der Waals surface area (Å²) >= 11 is 0. The maximum Gasteiger partial charge on any atom is 0.295 e. The fraction of sp³-hybridized carbons (Fsp3) is 0.211. The monoisotopic (exact) mass is 321 g/mol. The van der Waals surface area contributed by atoms with E-state index in [2.05, 4.69) is 10.2 Å². The average Bonchev–Trinajstić information content (AvgIpc) is 2.84. The summed E-state index contributed by atoms with van der Waals surface area (Å²) in [6, 6.07) is 14.8. The quantitative estimate of drug-likeness (QED) is 0.677. The summed E-state index contributed by atoms with van der Waals surface area (Å²) in [5.41, 5.74) is 2.53. The predicted octanol–water partition coefficient (Wildman–Crippen LogP) is 5.16. The molecule has 0 spiro atoms. The largest absolute Gasteiger partial charge is 0.493 e. The highest BCUT2D eigenvalue weighted by Gasteiger charge is 2.18. The Morgan fingerprint density at radius 2 is 1.75 bits per heavy atom. The second-order valence-electron chi connectivity index (χ2n) is 5.97. The Hall–Kier alpha value is -2.95. The van der Waals surface area contributed by atoms with Crippen molar-refractivity contribution in [2.45, 2.75) is 26.8 Å². The molecule has 122 valence electrons. The molecule has 1 heterocycles. The lowest BCUT2D eigenvalue weighted by Gasteiger charge is -2.10. The van der Waals surface area contributed by atoms with Crippen LogP contribution in [0.15, 0.2) is 58.8 Å². The highest BCUT2D eigenvalue weighted by Crippen LogP contribution is 2.40. The van der Waals surface area contributed by atoms with E-state index >= 15 is 0 Å². The van der Waals surface area contributed by atoms with Crippen molar-refractivity contribution in [3.8, 4) is 5.88 Å². The number of hydrogen-bond acceptors (Lipinski definition) is 3.